The van der Waals surface area contributed by atoms with Crippen molar-refractivity contribution in [3.8, 4) is 0 Å². The number of carbonyl (C=O) groups excluding carboxylic acids is 3. The van der Waals surface area contributed by atoms with Crippen molar-refractivity contribution in [2.45, 2.75) is 38.3 Å². The Kier molecular flexibility index (Phi) is 8.14. The summed E-state index contributed by atoms with van der Waals surface area (Å²) >= 11 is 0.725. The molecule has 0 saturated carbocycles. The van der Waals surface area contributed by atoms with Crippen LogP contribution in [0.1, 0.15) is 57.1 Å². The Balaban J connectivity index is 1.80. The molecule has 194 valence electrons. The van der Waals surface area contributed by atoms with Gasteiger partial charge in [0.15, 0.2) is 5.69 Å². The van der Waals surface area contributed by atoms with Crippen LogP contribution < -0.4 is 21.7 Å². The number of primary amides is 1. The summed E-state index contributed by atoms with van der Waals surface area (Å²) in [6.45, 7) is 2.90. The minimum absolute atomic E-state index is 0.0348. The summed E-state index contributed by atoms with van der Waals surface area (Å²) in [5, 5.41) is 2.89. The minimum Gasteiger partial charge on any atom is -0.395 e. The number of rotatable bonds is 9. The van der Waals surface area contributed by atoms with Gasteiger partial charge in [0.05, 0.1) is 11.8 Å². The molecule has 1 fully saturated rings. The number of amides is 3. The monoisotopic (exact) mass is 525 g/mol. The first-order chi connectivity index (χ1) is 17.8. The normalized spacial score (nSPS) is 15.8. The highest BCUT2D eigenvalue weighted by Crippen LogP contribution is 2.33. The summed E-state index contributed by atoms with van der Waals surface area (Å²) in [6.07, 6.45) is 2.38. The fourth-order valence-electron chi connectivity index (χ4n) is 4.19. The molecule has 2 heterocycles. The van der Waals surface area contributed by atoms with Crippen LogP contribution in [0.3, 0.4) is 0 Å². The van der Waals surface area contributed by atoms with E-state index >= 15 is 0 Å². The Hall–Kier alpha value is -3.83. The van der Waals surface area contributed by atoms with Crippen molar-refractivity contribution in [3.63, 3.8) is 0 Å². The Morgan fingerprint density at radius 3 is 2.46 bits per heavy atom. The molecule has 0 bridgehead atoms. The summed E-state index contributed by atoms with van der Waals surface area (Å²) in [5.41, 5.74) is 12.9. The van der Waals surface area contributed by atoms with Crippen molar-refractivity contribution < 1.29 is 23.5 Å². The summed E-state index contributed by atoms with van der Waals surface area (Å²) in [4.78, 5) is 40.6. The van der Waals surface area contributed by atoms with Crippen molar-refractivity contribution in [1.29, 1.82) is 0 Å². The highest BCUT2D eigenvalue weighted by Gasteiger charge is 2.36. The highest BCUT2D eigenvalue weighted by atomic mass is 32.1. The SMILES string of the molecule is CCc1ccc(N(C(=O)c2snc(C(N)=O)c2N)[C@H](C(=O)NC[C@@H]2CCCO2)c2ccc(F)cc2)cc1. The second-order valence-corrected chi connectivity index (χ2v) is 9.44. The Bertz CT molecular complexity index is 1270. The zero-order chi connectivity index (χ0) is 26.5. The second-order valence-electron chi connectivity index (χ2n) is 8.67. The lowest BCUT2D eigenvalue weighted by atomic mass is 10.0. The van der Waals surface area contributed by atoms with Gasteiger partial charge in [-0.15, -0.1) is 0 Å². The minimum atomic E-state index is -1.18. The molecular weight excluding hydrogens is 497 g/mol. The standard InChI is InChI=1S/C26H28FN5O4S/c1-2-15-5-11-18(12-6-15)32(26(35)23-20(28)21(24(29)33)31-37-23)22(16-7-9-17(27)10-8-16)25(34)30-14-19-4-3-13-36-19/h5-12,19,22H,2-4,13-14,28H2,1H3,(H2,29,33)(H,30,34)/t19-,22-/m0/s1. The number of carbonyl (C=O) groups is 3. The third-order valence-corrected chi connectivity index (χ3v) is 7.07. The zero-order valence-electron chi connectivity index (χ0n) is 20.3. The van der Waals surface area contributed by atoms with Crippen LogP contribution in [-0.2, 0) is 16.0 Å². The predicted octanol–water partition coefficient (Wildman–Crippen LogP) is 3.21. The zero-order valence-corrected chi connectivity index (χ0v) is 21.1. The third-order valence-electron chi connectivity index (χ3n) is 6.22. The summed E-state index contributed by atoms with van der Waals surface area (Å²) in [7, 11) is 0. The van der Waals surface area contributed by atoms with Crippen LogP contribution in [0.15, 0.2) is 48.5 Å². The molecule has 11 heteroatoms. The summed E-state index contributed by atoms with van der Waals surface area (Å²) < 4.78 is 23.4. The lowest BCUT2D eigenvalue weighted by molar-refractivity contribution is -0.123. The van der Waals surface area contributed by atoms with Crippen molar-refractivity contribution in [2.24, 2.45) is 5.73 Å². The molecule has 0 aliphatic carbocycles. The van der Waals surface area contributed by atoms with E-state index in [1.807, 2.05) is 19.1 Å². The number of nitrogens with zero attached hydrogens (tertiary/aromatic N) is 2. The Morgan fingerprint density at radius 1 is 1.19 bits per heavy atom. The van der Waals surface area contributed by atoms with Gasteiger partial charge in [-0.2, -0.15) is 4.37 Å². The van der Waals surface area contributed by atoms with Crippen molar-refractivity contribution >= 4 is 40.6 Å². The molecule has 1 aliphatic heterocycles. The molecule has 4 rings (SSSR count). The van der Waals surface area contributed by atoms with Crippen LogP contribution in [0.2, 0.25) is 0 Å². The van der Waals surface area contributed by atoms with Gasteiger partial charge in [0.2, 0.25) is 5.91 Å². The molecule has 2 atom stereocenters. The third kappa shape index (κ3) is 5.78. The maximum atomic E-state index is 14.0. The van der Waals surface area contributed by atoms with Crippen LogP contribution in [0.4, 0.5) is 15.8 Å². The molecular formula is C26H28FN5O4S. The van der Waals surface area contributed by atoms with Crippen LogP contribution >= 0.6 is 11.5 Å². The van der Waals surface area contributed by atoms with Crippen molar-refractivity contribution in [3.05, 3.63) is 76.0 Å². The first-order valence-electron chi connectivity index (χ1n) is 11.9. The van der Waals surface area contributed by atoms with Gasteiger partial charge in [-0.05, 0) is 66.2 Å². The molecule has 0 unspecified atom stereocenters. The van der Waals surface area contributed by atoms with Gasteiger partial charge in [-0.3, -0.25) is 19.3 Å². The smallest absolute Gasteiger partial charge is 0.273 e. The number of nitrogens with one attached hydrogen (secondary N) is 1. The van der Waals surface area contributed by atoms with E-state index in [9.17, 15) is 18.8 Å². The van der Waals surface area contributed by atoms with E-state index in [2.05, 4.69) is 9.69 Å². The number of halogens is 1. The summed E-state index contributed by atoms with van der Waals surface area (Å²) in [6, 6.07) is 11.4. The molecule has 1 aromatic heterocycles. The van der Waals surface area contributed by atoms with Gasteiger partial charge < -0.3 is 21.5 Å². The number of aryl methyl sites for hydroxylation is 1. The van der Waals surface area contributed by atoms with Gasteiger partial charge >= 0.3 is 0 Å². The first kappa shape index (κ1) is 26.2. The molecule has 3 amide bonds. The lowest BCUT2D eigenvalue weighted by Gasteiger charge is -2.31. The number of hydrogen-bond donors (Lipinski definition) is 3. The number of aromatic nitrogens is 1. The predicted molar refractivity (Wildman–Crippen MR) is 139 cm³/mol. The van der Waals surface area contributed by atoms with E-state index < -0.39 is 29.6 Å². The average Bonchev–Trinajstić information content (AvgIpc) is 3.56. The molecule has 1 aliphatic rings. The maximum Gasteiger partial charge on any atom is 0.273 e. The molecule has 1 saturated heterocycles. The molecule has 37 heavy (non-hydrogen) atoms. The molecule has 3 aromatic rings. The van der Waals surface area contributed by atoms with Crippen LogP contribution in [0.5, 0.6) is 0 Å². The average molecular weight is 526 g/mol. The lowest BCUT2D eigenvalue weighted by Crippen LogP contribution is -2.45. The van der Waals surface area contributed by atoms with E-state index in [-0.39, 0.29) is 28.9 Å². The topological polar surface area (TPSA) is 141 Å². The van der Waals surface area contributed by atoms with E-state index in [1.54, 1.807) is 12.1 Å². The first-order valence-corrected chi connectivity index (χ1v) is 12.7. The van der Waals surface area contributed by atoms with E-state index in [0.29, 0.717) is 17.9 Å². The quantitative estimate of drug-likeness (QED) is 0.392. The van der Waals surface area contributed by atoms with Crippen LogP contribution in [-0.4, -0.2) is 41.4 Å². The number of benzene rings is 2. The van der Waals surface area contributed by atoms with Crippen molar-refractivity contribution in [1.82, 2.24) is 9.69 Å². The maximum absolute atomic E-state index is 14.0. The number of nitrogens with two attached hydrogens (primary N) is 2. The number of hydrogen-bond acceptors (Lipinski definition) is 7. The van der Waals surface area contributed by atoms with Crippen LogP contribution in [0, 0.1) is 5.82 Å². The van der Waals surface area contributed by atoms with Gasteiger partial charge in [-0.25, -0.2) is 4.39 Å². The molecule has 5 N–H and O–H groups in total. The Morgan fingerprint density at radius 2 is 1.89 bits per heavy atom. The molecule has 0 radical (unpaired) electrons. The molecule has 2 aromatic carbocycles. The van der Waals surface area contributed by atoms with E-state index in [4.69, 9.17) is 16.2 Å². The fourth-order valence-corrected chi connectivity index (χ4v) is 4.94. The van der Waals surface area contributed by atoms with E-state index in [1.165, 1.54) is 29.2 Å². The number of ether oxygens (including phenoxy) is 1. The van der Waals surface area contributed by atoms with Gasteiger partial charge in [0.1, 0.15) is 16.7 Å². The molecule has 9 nitrogen and oxygen atoms in total. The van der Waals surface area contributed by atoms with E-state index in [0.717, 1.165) is 36.4 Å². The number of anilines is 2. The fraction of sp³-hybridized carbons (Fsp3) is 0.308. The van der Waals surface area contributed by atoms with Gasteiger partial charge in [0.25, 0.3) is 11.8 Å². The van der Waals surface area contributed by atoms with Gasteiger partial charge in [0, 0.05) is 18.8 Å². The Labute approximate surface area is 217 Å². The van der Waals surface area contributed by atoms with Crippen LogP contribution in [0.25, 0.3) is 0 Å². The molecule has 0 spiro atoms. The highest BCUT2D eigenvalue weighted by molar-refractivity contribution is 7.09. The summed E-state index contributed by atoms with van der Waals surface area (Å²) in [5.74, 6) is -2.47. The van der Waals surface area contributed by atoms with Crippen molar-refractivity contribution in [2.75, 3.05) is 23.8 Å². The largest absolute Gasteiger partial charge is 0.395 e. The second kappa shape index (κ2) is 11.5. The number of nitrogen functional groups attached to an aromatic ring is 1. The van der Waals surface area contributed by atoms with Gasteiger partial charge in [-0.1, -0.05) is 31.2 Å².